The van der Waals surface area contributed by atoms with Crippen LogP contribution in [-0.4, -0.2) is 44.0 Å². The first kappa shape index (κ1) is 15.3. The van der Waals surface area contributed by atoms with Crippen LogP contribution in [0.3, 0.4) is 0 Å². The highest BCUT2D eigenvalue weighted by Gasteiger charge is 2.32. The smallest absolute Gasteiger partial charge is 0.161 e. The summed E-state index contributed by atoms with van der Waals surface area (Å²) in [6, 6.07) is 3.82. The second kappa shape index (κ2) is 5.69. The molecule has 2 atom stereocenters. The molecule has 1 fully saturated rings. The summed E-state index contributed by atoms with van der Waals surface area (Å²) in [4.78, 5) is 4.24. The molecule has 0 aromatic heterocycles. The van der Waals surface area contributed by atoms with Crippen molar-refractivity contribution in [2.45, 2.75) is 13.0 Å². The third-order valence-corrected chi connectivity index (χ3v) is 4.70. The molecule has 4 nitrogen and oxygen atoms in total. The second-order valence-corrected chi connectivity index (χ2v) is 6.38. The number of nitrogens with two attached hydrogens (primary N) is 1. The van der Waals surface area contributed by atoms with Crippen LogP contribution in [0, 0.1) is 17.1 Å². The molecule has 3 N–H and O–H groups in total. The van der Waals surface area contributed by atoms with Gasteiger partial charge in [0.05, 0.1) is 10.2 Å². The molecule has 1 aliphatic heterocycles. The summed E-state index contributed by atoms with van der Waals surface area (Å²) in [7, 11) is 4.10. The third-order valence-electron chi connectivity index (χ3n) is 3.93. The Morgan fingerprint density at radius 1 is 1.45 bits per heavy atom. The Morgan fingerprint density at radius 3 is 2.60 bits per heavy atom. The maximum absolute atomic E-state index is 14.5. The van der Waals surface area contributed by atoms with E-state index in [2.05, 4.69) is 46.7 Å². The Bertz CT molecular complexity index is 532. The number of halogens is 2. The Labute approximate surface area is 127 Å². The SMILES string of the molecule is CC1CN(c2ccc(C(=N)N)c(Br)c2F)CC1N(C)C. The van der Waals surface area contributed by atoms with Gasteiger partial charge in [0.15, 0.2) is 5.82 Å². The molecule has 110 valence electrons. The van der Waals surface area contributed by atoms with Gasteiger partial charge in [-0.25, -0.2) is 4.39 Å². The fraction of sp³-hybridized carbons (Fsp3) is 0.500. The van der Waals surface area contributed by atoms with Gasteiger partial charge in [0.2, 0.25) is 0 Å². The van der Waals surface area contributed by atoms with Crippen molar-refractivity contribution in [3.05, 3.63) is 28.0 Å². The molecule has 1 aromatic carbocycles. The van der Waals surface area contributed by atoms with Crippen molar-refractivity contribution in [2.75, 3.05) is 32.1 Å². The van der Waals surface area contributed by atoms with Gasteiger partial charge in [-0.2, -0.15) is 0 Å². The Balaban J connectivity index is 2.31. The topological polar surface area (TPSA) is 56.4 Å². The average molecular weight is 343 g/mol. The van der Waals surface area contributed by atoms with Crippen LogP contribution < -0.4 is 10.6 Å². The summed E-state index contributed by atoms with van der Waals surface area (Å²) in [5.74, 6) is 0.00301. The zero-order valence-electron chi connectivity index (χ0n) is 12.0. The standard InChI is InChI=1S/C14H20BrFN4/c1-8-6-20(7-11(8)19(2)3)10-5-4-9(14(17)18)12(15)13(10)16/h4-5,8,11H,6-7H2,1-3H3,(H3,17,18). The summed E-state index contributed by atoms with van der Waals surface area (Å²) >= 11 is 3.20. The molecule has 1 aromatic rings. The Morgan fingerprint density at radius 2 is 2.10 bits per heavy atom. The largest absolute Gasteiger partial charge is 0.384 e. The summed E-state index contributed by atoms with van der Waals surface area (Å²) in [5.41, 5.74) is 6.40. The van der Waals surface area contributed by atoms with Gasteiger partial charge in [0.25, 0.3) is 0 Å². The van der Waals surface area contributed by atoms with E-state index >= 15 is 0 Å². The highest BCUT2D eigenvalue weighted by Crippen LogP contribution is 2.33. The molecule has 1 aliphatic rings. The van der Waals surface area contributed by atoms with Gasteiger partial charge in [-0.05, 0) is 48.1 Å². The second-order valence-electron chi connectivity index (χ2n) is 5.59. The number of rotatable bonds is 3. The Kier molecular flexibility index (Phi) is 4.34. The van der Waals surface area contributed by atoms with Gasteiger partial charge >= 0.3 is 0 Å². The molecular formula is C14H20BrFN4. The lowest BCUT2D eigenvalue weighted by Crippen LogP contribution is -2.34. The maximum Gasteiger partial charge on any atom is 0.161 e. The van der Waals surface area contributed by atoms with Gasteiger partial charge in [-0.1, -0.05) is 6.92 Å². The van der Waals surface area contributed by atoms with Crippen molar-refractivity contribution < 1.29 is 4.39 Å². The van der Waals surface area contributed by atoms with E-state index in [0.29, 0.717) is 23.2 Å². The molecule has 0 aliphatic carbocycles. The number of hydrogen-bond acceptors (Lipinski definition) is 3. The number of nitrogen functional groups attached to an aromatic ring is 1. The number of anilines is 1. The predicted octanol–water partition coefficient (Wildman–Crippen LogP) is 2.26. The quantitative estimate of drug-likeness (QED) is 0.654. The van der Waals surface area contributed by atoms with Crippen LogP contribution in [0.15, 0.2) is 16.6 Å². The summed E-state index contributed by atoms with van der Waals surface area (Å²) in [6.45, 7) is 3.81. The summed E-state index contributed by atoms with van der Waals surface area (Å²) in [6.07, 6.45) is 0. The molecule has 0 radical (unpaired) electrons. The van der Waals surface area contributed by atoms with Gasteiger partial charge < -0.3 is 15.5 Å². The van der Waals surface area contributed by atoms with Crippen molar-refractivity contribution in [3.8, 4) is 0 Å². The van der Waals surface area contributed by atoms with E-state index < -0.39 is 0 Å². The third kappa shape index (κ3) is 2.67. The maximum atomic E-state index is 14.5. The van der Waals surface area contributed by atoms with Crippen LogP contribution in [0.2, 0.25) is 0 Å². The van der Waals surface area contributed by atoms with Crippen LogP contribution in [0.4, 0.5) is 10.1 Å². The molecular weight excluding hydrogens is 323 g/mol. The first-order chi connectivity index (χ1) is 9.32. The van der Waals surface area contributed by atoms with Gasteiger partial charge in [0.1, 0.15) is 5.84 Å². The van der Waals surface area contributed by atoms with Crippen molar-refractivity contribution >= 4 is 27.5 Å². The van der Waals surface area contributed by atoms with Crippen LogP contribution in [0.25, 0.3) is 0 Å². The predicted molar refractivity (Wildman–Crippen MR) is 84.0 cm³/mol. The normalized spacial score (nSPS) is 22.6. The van der Waals surface area contributed by atoms with Crippen molar-refractivity contribution in [3.63, 3.8) is 0 Å². The number of likely N-dealkylation sites (N-methyl/N-ethyl adjacent to an activating group) is 1. The molecule has 6 heteroatoms. The zero-order chi connectivity index (χ0) is 15.0. The lowest BCUT2D eigenvalue weighted by Gasteiger charge is -2.23. The van der Waals surface area contributed by atoms with E-state index in [9.17, 15) is 4.39 Å². The van der Waals surface area contributed by atoms with E-state index in [1.807, 2.05) is 0 Å². The monoisotopic (exact) mass is 342 g/mol. The van der Waals surface area contributed by atoms with Crippen LogP contribution >= 0.6 is 15.9 Å². The van der Waals surface area contributed by atoms with Crippen molar-refractivity contribution in [1.29, 1.82) is 5.41 Å². The number of hydrogen-bond donors (Lipinski definition) is 2. The van der Waals surface area contributed by atoms with Crippen LogP contribution in [0.1, 0.15) is 12.5 Å². The molecule has 0 amide bonds. The lowest BCUT2D eigenvalue weighted by atomic mass is 10.1. The summed E-state index contributed by atoms with van der Waals surface area (Å²) in [5, 5.41) is 7.43. The van der Waals surface area contributed by atoms with Gasteiger partial charge in [-0.3, -0.25) is 5.41 Å². The van der Waals surface area contributed by atoms with Crippen molar-refractivity contribution in [1.82, 2.24) is 4.90 Å². The van der Waals surface area contributed by atoms with Gasteiger partial charge in [0, 0.05) is 24.7 Å². The van der Waals surface area contributed by atoms with Crippen LogP contribution in [-0.2, 0) is 0 Å². The van der Waals surface area contributed by atoms with E-state index in [4.69, 9.17) is 11.1 Å². The highest BCUT2D eigenvalue weighted by atomic mass is 79.9. The van der Waals surface area contributed by atoms with E-state index in [-0.39, 0.29) is 16.1 Å². The molecule has 0 bridgehead atoms. The number of amidine groups is 1. The first-order valence-electron chi connectivity index (χ1n) is 6.56. The molecule has 0 spiro atoms. The van der Waals surface area contributed by atoms with E-state index in [1.54, 1.807) is 12.1 Å². The van der Waals surface area contributed by atoms with E-state index in [1.165, 1.54) is 0 Å². The minimum atomic E-state index is -0.343. The fourth-order valence-corrected chi connectivity index (χ4v) is 3.36. The lowest BCUT2D eigenvalue weighted by molar-refractivity contribution is 0.266. The van der Waals surface area contributed by atoms with Gasteiger partial charge in [-0.15, -0.1) is 0 Å². The van der Waals surface area contributed by atoms with E-state index in [0.717, 1.165) is 13.1 Å². The van der Waals surface area contributed by atoms with Crippen LogP contribution in [0.5, 0.6) is 0 Å². The highest BCUT2D eigenvalue weighted by molar-refractivity contribution is 9.10. The zero-order valence-corrected chi connectivity index (χ0v) is 13.5. The minimum absolute atomic E-state index is 0.136. The molecule has 20 heavy (non-hydrogen) atoms. The molecule has 1 heterocycles. The average Bonchev–Trinajstić information content (AvgIpc) is 2.74. The minimum Gasteiger partial charge on any atom is -0.384 e. The number of nitrogens with zero attached hydrogens (tertiary/aromatic N) is 2. The molecule has 2 rings (SSSR count). The summed E-state index contributed by atoms with van der Waals surface area (Å²) < 4.78 is 14.7. The number of nitrogens with one attached hydrogen (secondary N) is 1. The van der Waals surface area contributed by atoms with Crippen molar-refractivity contribution in [2.24, 2.45) is 11.7 Å². The molecule has 2 unspecified atom stereocenters. The number of benzene rings is 1. The Hall–Kier alpha value is -1.14. The molecule has 0 saturated carbocycles. The fourth-order valence-electron chi connectivity index (χ4n) is 2.81. The first-order valence-corrected chi connectivity index (χ1v) is 7.36. The molecule has 1 saturated heterocycles.